The second-order valence-corrected chi connectivity index (χ2v) is 7.08. The van der Waals surface area contributed by atoms with E-state index >= 15 is 0 Å². The van der Waals surface area contributed by atoms with E-state index in [4.69, 9.17) is 14.2 Å². The van der Waals surface area contributed by atoms with Crippen LogP contribution in [0.1, 0.15) is 17.2 Å². The van der Waals surface area contributed by atoms with Crippen LogP contribution in [0.2, 0.25) is 0 Å². The normalized spacial score (nSPS) is 12.4. The Bertz CT molecular complexity index is 824. The average molecular weight is 415 g/mol. The molecule has 1 unspecified atom stereocenters. The number of aliphatic imine (C=N–C) groups is 1. The third-order valence-corrected chi connectivity index (χ3v) is 4.94. The molecule has 0 radical (unpaired) electrons. The van der Waals surface area contributed by atoms with Crippen molar-refractivity contribution in [3.63, 3.8) is 0 Å². The van der Waals surface area contributed by atoms with Gasteiger partial charge in [-0.25, -0.2) is 0 Å². The molecule has 2 aromatic carbocycles. The van der Waals surface area contributed by atoms with Crippen LogP contribution in [0.4, 0.5) is 0 Å². The first-order chi connectivity index (χ1) is 14.5. The summed E-state index contributed by atoms with van der Waals surface area (Å²) in [5, 5.41) is 6.80. The standard InChI is InChI=1S/C23H34N4O3/c1-24-23(25-13-12-17-10-11-21(29-5)22(14-17)30-6)26-16-20(27(2)3)18-8-7-9-19(15-18)28-4/h7-11,14-15,20H,12-13,16H2,1-6H3,(H2,24,25,26). The van der Waals surface area contributed by atoms with Gasteiger partial charge >= 0.3 is 0 Å². The molecule has 164 valence electrons. The van der Waals surface area contributed by atoms with Crippen LogP contribution >= 0.6 is 0 Å². The van der Waals surface area contributed by atoms with Crippen LogP contribution in [0.3, 0.4) is 0 Å². The van der Waals surface area contributed by atoms with Gasteiger partial charge in [-0.2, -0.15) is 0 Å². The van der Waals surface area contributed by atoms with Crippen LogP contribution in [0.25, 0.3) is 0 Å². The quantitative estimate of drug-likeness (QED) is 0.460. The minimum Gasteiger partial charge on any atom is -0.497 e. The van der Waals surface area contributed by atoms with E-state index in [1.165, 1.54) is 5.56 Å². The number of benzene rings is 2. The van der Waals surface area contributed by atoms with Gasteiger partial charge in [-0.1, -0.05) is 18.2 Å². The number of likely N-dealkylation sites (N-methyl/N-ethyl adjacent to an activating group) is 1. The number of ether oxygens (including phenoxy) is 3. The number of nitrogens with zero attached hydrogens (tertiary/aromatic N) is 2. The molecule has 0 aliphatic rings. The summed E-state index contributed by atoms with van der Waals surface area (Å²) in [6.07, 6.45) is 0.841. The highest BCUT2D eigenvalue weighted by Gasteiger charge is 2.15. The van der Waals surface area contributed by atoms with E-state index in [0.717, 1.165) is 48.3 Å². The van der Waals surface area contributed by atoms with Gasteiger partial charge in [0.2, 0.25) is 0 Å². The van der Waals surface area contributed by atoms with Crippen LogP contribution in [0, 0.1) is 0 Å². The van der Waals surface area contributed by atoms with Crippen molar-refractivity contribution in [1.82, 2.24) is 15.5 Å². The molecule has 0 saturated carbocycles. The molecule has 7 heteroatoms. The summed E-state index contributed by atoms with van der Waals surface area (Å²) in [6.45, 7) is 1.47. The average Bonchev–Trinajstić information content (AvgIpc) is 2.77. The summed E-state index contributed by atoms with van der Waals surface area (Å²) in [7, 11) is 10.9. The van der Waals surface area contributed by atoms with Gasteiger partial charge in [0.1, 0.15) is 5.75 Å². The number of methoxy groups -OCH3 is 3. The maximum absolute atomic E-state index is 5.38. The summed E-state index contributed by atoms with van der Waals surface area (Å²) in [6, 6.07) is 14.3. The Kier molecular flexibility index (Phi) is 9.28. The smallest absolute Gasteiger partial charge is 0.191 e. The van der Waals surface area contributed by atoms with E-state index in [1.807, 2.05) is 30.3 Å². The topological polar surface area (TPSA) is 67.4 Å². The third kappa shape index (κ3) is 6.56. The lowest BCUT2D eigenvalue weighted by atomic mass is 10.1. The van der Waals surface area contributed by atoms with Crippen LogP contribution < -0.4 is 24.8 Å². The van der Waals surface area contributed by atoms with Gasteiger partial charge in [-0.05, 0) is 55.9 Å². The number of nitrogens with one attached hydrogen (secondary N) is 2. The molecular weight excluding hydrogens is 380 g/mol. The third-order valence-electron chi connectivity index (χ3n) is 4.94. The Morgan fingerprint density at radius 2 is 1.73 bits per heavy atom. The van der Waals surface area contributed by atoms with Crippen molar-refractivity contribution in [3.05, 3.63) is 53.6 Å². The summed E-state index contributed by atoms with van der Waals surface area (Å²) < 4.78 is 16.0. The Hall–Kier alpha value is -2.93. The van der Waals surface area contributed by atoms with E-state index in [-0.39, 0.29) is 6.04 Å². The van der Waals surface area contributed by atoms with Crippen molar-refractivity contribution in [2.24, 2.45) is 4.99 Å². The van der Waals surface area contributed by atoms with Crippen LogP contribution in [0.15, 0.2) is 47.5 Å². The lowest BCUT2D eigenvalue weighted by Crippen LogP contribution is -2.42. The van der Waals surface area contributed by atoms with Crippen molar-refractivity contribution in [2.45, 2.75) is 12.5 Å². The monoisotopic (exact) mass is 414 g/mol. The van der Waals surface area contributed by atoms with Gasteiger partial charge < -0.3 is 29.7 Å². The first-order valence-electron chi connectivity index (χ1n) is 9.98. The fraction of sp³-hybridized carbons (Fsp3) is 0.435. The van der Waals surface area contributed by atoms with Crippen molar-refractivity contribution >= 4 is 5.96 Å². The first-order valence-corrected chi connectivity index (χ1v) is 9.98. The van der Waals surface area contributed by atoms with Crippen molar-refractivity contribution < 1.29 is 14.2 Å². The molecular formula is C23H34N4O3. The minimum atomic E-state index is 0.185. The van der Waals surface area contributed by atoms with Crippen molar-refractivity contribution in [2.75, 3.05) is 55.6 Å². The second kappa shape index (κ2) is 11.9. The molecule has 0 amide bonds. The van der Waals surface area contributed by atoms with Crippen LogP contribution in [0.5, 0.6) is 17.2 Å². The molecule has 0 spiro atoms. The zero-order valence-corrected chi connectivity index (χ0v) is 18.9. The number of hydrogen-bond donors (Lipinski definition) is 2. The maximum Gasteiger partial charge on any atom is 0.191 e. The highest BCUT2D eigenvalue weighted by molar-refractivity contribution is 5.79. The Morgan fingerprint density at radius 3 is 2.37 bits per heavy atom. The van der Waals surface area contributed by atoms with Gasteiger partial charge in [-0.15, -0.1) is 0 Å². The predicted molar refractivity (Wildman–Crippen MR) is 122 cm³/mol. The molecule has 0 heterocycles. The Morgan fingerprint density at radius 1 is 0.967 bits per heavy atom. The number of hydrogen-bond acceptors (Lipinski definition) is 5. The fourth-order valence-corrected chi connectivity index (χ4v) is 3.22. The van der Waals surface area contributed by atoms with Gasteiger partial charge in [0.25, 0.3) is 0 Å². The largest absolute Gasteiger partial charge is 0.497 e. The number of rotatable bonds is 10. The molecule has 30 heavy (non-hydrogen) atoms. The van der Waals surface area contributed by atoms with E-state index < -0.39 is 0 Å². The van der Waals surface area contributed by atoms with Crippen molar-refractivity contribution in [1.29, 1.82) is 0 Å². The Balaban J connectivity index is 1.91. The predicted octanol–water partition coefficient (Wildman–Crippen LogP) is 2.72. The lowest BCUT2D eigenvalue weighted by Gasteiger charge is -2.26. The van der Waals surface area contributed by atoms with Crippen LogP contribution in [-0.2, 0) is 6.42 Å². The van der Waals surface area contributed by atoms with E-state index in [2.05, 4.69) is 46.8 Å². The molecule has 7 nitrogen and oxygen atoms in total. The molecule has 2 rings (SSSR count). The van der Waals surface area contributed by atoms with E-state index in [9.17, 15) is 0 Å². The summed E-state index contributed by atoms with van der Waals surface area (Å²) >= 11 is 0. The Labute approximate surface area is 180 Å². The molecule has 0 aliphatic carbocycles. The highest BCUT2D eigenvalue weighted by atomic mass is 16.5. The molecule has 0 saturated heterocycles. The molecule has 2 aromatic rings. The van der Waals surface area contributed by atoms with Gasteiger partial charge in [0.05, 0.1) is 27.4 Å². The summed E-state index contributed by atoms with van der Waals surface area (Å²) in [5.74, 6) is 3.10. The van der Waals surface area contributed by atoms with Crippen molar-refractivity contribution in [3.8, 4) is 17.2 Å². The molecule has 1 atom stereocenters. The van der Waals surface area contributed by atoms with Crippen LogP contribution in [-0.4, -0.2) is 66.4 Å². The summed E-state index contributed by atoms with van der Waals surface area (Å²) in [4.78, 5) is 6.52. The van der Waals surface area contributed by atoms with Gasteiger partial charge in [0, 0.05) is 20.1 Å². The fourth-order valence-electron chi connectivity index (χ4n) is 3.22. The van der Waals surface area contributed by atoms with Gasteiger partial charge in [0.15, 0.2) is 17.5 Å². The maximum atomic E-state index is 5.38. The highest BCUT2D eigenvalue weighted by Crippen LogP contribution is 2.27. The second-order valence-electron chi connectivity index (χ2n) is 7.08. The minimum absolute atomic E-state index is 0.185. The molecule has 0 fully saturated rings. The molecule has 2 N–H and O–H groups in total. The number of guanidine groups is 1. The molecule has 0 bridgehead atoms. The van der Waals surface area contributed by atoms with Gasteiger partial charge in [-0.3, -0.25) is 4.99 Å². The molecule has 0 aromatic heterocycles. The lowest BCUT2D eigenvalue weighted by molar-refractivity contribution is 0.297. The van der Waals surface area contributed by atoms with E-state index in [1.54, 1.807) is 28.4 Å². The zero-order valence-electron chi connectivity index (χ0n) is 18.9. The molecule has 0 aliphatic heterocycles. The first kappa shape index (κ1) is 23.3. The van der Waals surface area contributed by atoms with E-state index in [0.29, 0.717) is 0 Å². The zero-order chi connectivity index (χ0) is 21.9. The SMILES string of the molecule is CN=C(NCCc1ccc(OC)c(OC)c1)NCC(c1cccc(OC)c1)N(C)C. The summed E-state index contributed by atoms with van der Waals surface area (Å²) in [5.41, 5.74) is 2.35.